The summed E-state index contributed by atoms with van der Waals surface area (Å²) >= 11 is -1.76. The molecule has 0 unspecified atom stereocenters. The Balaban J connectivity index is 0.00000392. The van der Waals surface area contributed by atoms with Gasteiger partial charge in [0.15, 0.2) is 0 Å². The van der Waals surface area contributed by atoms with Crippen LogP contribution < -0.4 is 24.8 Å². The van der Waals surface area contributed by atoms with Gasteiger partial charge in [0, 0.05) is 0 Å². The van der Waals surface area contributed by atoms with Gasteiger partial charge >= 0.3 is 178 Å². The predicted octanol–water partition coefficient (Wildman–Crippen LogP) is 0.346. The minimum atomic E-state index is -1.76. The molecule has 0 radical (unpaired) electrons. The molecular formula is C22H38Cl2O2Si2Zr. The van der Waals surface area contributed by atoms with Crippen molar-refractivity contribution in [2.75, 3.05) is 13.2 Å². The molecule has 0 atom stereocenters. The average Bonchev–Trinajstić information content (AvgIpc) is 3.16. The second-order valence-corrected chi connectivity index (χ2v) is 25.1. The van der Waals surface area contributed by atoms with Crippen LogP contribution >= 0.6 is 0 Å². The van der Waals surface area contributed by atoms with E-state index in [4.69, 9.17) is 8.85 Å². The molecule has 0 bridgehead atoms. The Hall–Kier alpha value is 0.647. The molecule has 2 aliphatic carbocycles. The third-order valence-electron chi connectivity index (χ3n) is 4.72. The van der Waals surface area contributed by atoms with Crippen LogP contribution in [-0.2, 0) is 30.1 Å². The molecule has 7 heteroatoms. The van der Waals surface area contributed by atoms with Gasteiger partial charge in [-0.1, -0.05) is 0 Å². The summed E-state index contributed by atoms with van der Waals surface area (Å²) < 4.78 is 18.1. The fourth-order valence-corrected chi connectivity index (χ4v) is 10.9. The van der Waals surface area contributed by atoms with Gasteiger partial charge in [0.1, 0.15) is 0 Å². The van der Waals surface area contributed by atoms with Crippen LogP contribution in [0.25, 0.3) is 0 Å². The van der Waals surface area contributed by atoms with Crippen LogP contribution in [0.2, 0.25) is 39.3 Å². The Labute approximate surface area is 201 Å². The zero-order chi connectivity index (χ0) is 20.1. The van der Waals surface area contributed by atoms with Gasteiger partial charge in [0.2, 0.25) is 0 Å². The van der Waals surface area contributed by atoms with Crippen molar-refractivity contribution in [3.8, 4) is 0 Å². The van der Waals surface area contributed by atoms with Gasteiger partial charge in [-0.3, -0.25) is 0 Å². The first kappa shape index (κ1) is 29.6. The fraction of sp³-hybridized carbons (Fsp3) is 0.591. The van der Waals surface area contributed by atoms with E-state index < -0.39 is 37.9 Å². The van der Waals surface area contributed by atoms with Crippen molar-refractivity contribution in [3.63, 3.8) is 0 Å². The molecule has 164 valence electrons. The molecule has 0 spiro atoms. The number of halogens is 2. The SMILES string of the molecule is C[CH]=[Zr+2]([C]1=CC(CCO[Si](C)(C)C)=CC1)[C]1=CC(CCO[Si](C)(C)C)=CC1.[Cl-].[Cl-]. The van der Waals surface area contributed by atoms with E-state index in [9.17, 15) is 0 Å². The Morgan fingerprint density at radius 1 is 0.793 bits per heavy atom. The van der Waals surface area contributed by atoms with Gasteiger partial charge in [0.25, 0.3) is 0 Å². The van der Waals surface area contributed by atoms with Crippen molar-refractivity contribution >= 4 is 20.3 Å². The molecule has 0 aromatic heterocycles. The van der Waals surface area contributed by atoms with E-state index in [1.54, 1.807) is 6.56 Å². The van der Waals surface area contributed by atoms with Crippen LogP contribution in [0.5, 0.6) is 0 Å². The molecule has 0 saturated carbocycles. The van der Waals surface area contributed by atoms with E-state index in [0.29, 0.717) is 0 Å². The fourth-order valence-electron chi connectivity index (χ4n) is 3.42. The molecule has 0 fully saturated rings. The molecule has 0 N–H and O–H groups in total. The predicted molar refractivity (Wildman–Crippen MR) is 121 cm³/mol. The molecule has 2 nitrogen and oxygen atoms in total. The van der Waals surface area contributed by atoms with Crippen molar-refractivity contribution in [1.82, 2.24) is 0 Å². The molecular weight excluding hydrogens is 515 g/mol. The van der Waals surface area contributed by atoms with Gasteiger partial charge in [0.05, 0.1) is 0 Å². The van der Waals surface area contributed by atoms with E-state index >= 15 is 0 Å². The van der Waals surface area contributed by atoms with E-state index in [-0.39, 0.29) is 24.8 Å². The van der Waals surface area contributed by atoms with Crippen LogP contribution in [0.1, 0.15) is 32.6 Å². The van der Waals surface area contributed by atoms with Gasteiger partial charge in [-0.05, 0) is 0 Å². The van der Waals surface area contributed by atoms with E-state index in [1.165, 1.54) is 24.0 Å². The topological polar surface area (TPSA) is 18.5 Å². The zero-order valence-electron chi connectivity index (χ0n) is 19.2. The molecule has 29 heavy (non-hydrogen) atoms. The molecule has 2 rings (SSSR count). The normalized spacial score (nSPS) is 15.9. The Morgan fingerprint density at radius 2 is 1.17 bits per heavy atom. The van der Waals surface area contributed by atoms with Crippen molar-refractivity contribution < 1.29 is 54.9 Å². The number of rotatable bonds is 10. The second kappa shape index (κ2) is 13.3. The molecule has 0 aromatic rings. The minimum Gasteiger partial charge on any atom is -1.00 e. The van der Waals surface area contributed by atoms with Crippen molar-refractivity contribution in [1.29, 1.82) is 0 Å². The molecule has 2 aliphatic rings. The van der Waals surface area contributed by atoms with Crippen molar-refractivity contribution in [2.45, 2.75) is 71.9 Å². The molecule has 0 heterocycles. The van der Waals surface area contributed by atoms with Gasteiger partial charge < -0.3 is 24.8 Å². The van der Waals surface area contributed by atoms with Gasteiger partial charge in [-0.15, -0.1) is 0 Å². The maximum atomic E-state index is 6.04. The standard InChI is InChI=1S/2C10H17OSi.C2H4.2ClH.Zr/c2*1-12(2,3)11-9-8-10-6-4-5-7-10;1-2;;;/h2*6-7H,4,8-9H2,1-3H3;1H,2H3;2*1H;/q;;;;;+2/p-2. The van der Waals surface area contributed by atoms with E-state index in [2.05, 4.69) is 74.2 Å². The quantitative estimate of drug-likeness (QED) is 0.364. The van der Waals surface area contributed by atoms with Gasteiger partial charge in [-0.2, -0.15) is 0 Å². The number of hydrogen-bond acceptors (Lipinski definition) is 2. The van der Waals surface area contributed by atoms with Crippen LogP contribution in [0, 0.1) is 0 Å². The number of hydrogen-bond donors (Lipinski definition) is 0. The summed E-state index contributed by atoms with van der Waals surface area (Å²) in [5, 5.41) is 0. The third-order valence-corrected chi connectivity index (χ3v) is 13.4. The van der Waals surface area contributed by atoms with E-state index in [1.807, 2.05) is 0 Å². The summed E-state index contributed by atoms with van der Waals surface area (Å²) in [6, 6.07) is 0. The summed E-state index contributed by atoms with van der Waals surface area (Å²) in [5.74, 6) is 0. The Morgan fingerprint density at radius 3 is 1.48 bits per heavy atom. The molecule has 0 amide bonds. The first-order chi connectivity index (χ1) is 12.6. The van der Waals surface area contributed by atoms with Gasteiger partial charge in [-0.25, -0.2) is 0 Å². The Kier molecular flexibility index (Phi) is 13.5. The molecule has 0 saturated heterocycles. The van der Waals surface area contributed by atoms with Crippen molar-refractivity contribution in [3.05, 3.63) is 42.0 Å². The summed E-state index contributed by atoms with van der Waals surface area (Å²) in [5.41, 5.74) is 3.00. The number of allylic oxidation sites excluding steroid dienone is 6. The van der Waals surface area contributed by atoms with Crippen LogP contribution in [-0.4, -0.2) is 33.6 Å². The third kappa shape index (κ3) is 11.2. The molecule has 0 aromatic carbocycles. The van der Waals surface area contributed by atoms with Crippen LogP contribution in [0.15, 0.2) is 42.0 Å². The summed E-state index contributed by atoms with van der Waals surface area (Å²) in [6.07, 6.45) is 14.4. The smallest absolute Gasteiger partial charge is 1.00 e. The van der Waals surface area contributed by atoms with Crippen LogP contribution in [0.3, 0.4) is 0 Å². The maximum absolute atomic E-state index is 6.04. The first-order valence-corrected chi connectivity index (χ1v) is 21.0. The van der Waals surface area contributed by atoms with E-state index in [0.717, 1.165) is 26.1 Å². The largest absolute Gasteiger partial charge is 1.00 e. The molecule has 0 aliphatic heterocycles. The Bertz CT molecular complexity index is 641. The summed E-state index contributed by atoms with van der Waals surface area (Å²) in [6.45, 7) is 17.6. The summed E-state index contributed by atoms with van der Waals surface area (Å²) in [7, 11) is -2.78. The maximum Gasteiger partial charge on any atom is -1.00 e. The zero-order valence-corrected chi connectivity index (χ0v) is 25.2. The monoisotopic (exact) mass is 550 g/mol. The van der Waals surface area contributed by atoms with Crippen molar-refractivity contribution in [2.24, 2.45) is 0 Å². The average molecular weight is 553 g/mol. The second-order valence-electron chi connectivity index (χ2n) is 9.43. The van der Waals surface area contributed by atoms with Crippen LogP contribution in [0.4, 0.5) is 0 Å². The minimum absolute atomic E-state index is 0. The first-order valence-electron chi connectivity index (χ1n) is 10.3. The summed E-state index contributed by atoms with van der Waals surface area (Å²) in [4.78, 5) is 0.